The molecule has 4 fully saturated rings. The van der Waals surface area contributed by atoms with Crippen LogP contribution in [0.5, 0.6) is 0 Å². The first-order chi connectivity index (χ1) is 18.4. The third-order valence-corrected chi connectivity index (χ3v) is 26.5. The van der Waals surface area contributed by atoms with E-state index < -0.39 is 25.7 Å². The van der Waals surface area contributed by atoms with Crippen molar-refractivity contribution in [3.05, 3.63) is 0 Å². The molecule has 0 aromatic heterocycles. The van der Waals surface area contributed by atoms with Gasteiger partial charge in [0, 0.05) is 16.6 Å². The maximum Gasteiger partial charge on any atom is 0.353 e. The zero-order chi connectivity index (χ0) is 28.4. The van der Waals surface area contributed by atoms with E-state index in [2.05, 4.69) is 62.3 Å². The molecule has 3 saturated carbocycles. The van der Waals surface area contributed by atoms with Crippen LogP contribution < -0.4 is 0 Å². The summed E-state index contributed by atoms with van der Waals surface area (Å²) in [6.07, 6.45) is 15.0. The van der Waals surface area contributed by atoms with E-state index in [4.69, 9.17) is 26.6 Å². The van der Waals surface area contributed by atoms with Crippen LogP contribution in [0, 0.1) is 0 Å². The summed E-state index contributed by atoms with van der Waals surface area (Å²) in [6, 6.07) is 0. The normalized spacial score (nSPS) is 36.0. The van der Waals surface area contributed by atoms with Gasteiger partial charge in [0.15, 0.2) is 0 Å². The minimum absolute atomic E-state index is 0.0523. The molecule has 39 heavy (non-hydrogen) atoms. The van der Waals surface area contributed by atoms with Crippen LogP contribution in [0.4, 0.5) is 0 Å². The molecule has 6 nitrogen and oxygen atoms in total. The Bertz CT molecular complexity index is 656. The Morgan fingerprint density at radius 2 is 0.615 bits per heavy atom. The van der Waals surface area contributed by atoms with Gasteiger partial charge >= 0.3 is 25.7 Å². The van der Waals surface area contributed by atoms with Crippen LogP contribution in [0.2, 0.25) is 16.6 Å². The molecule has 0 bridgehead atoms. The smallest absolute Gasteiger partial charge is 0.353 e. The number of rotatable bonds is 12. The van der Waals surface area contributed by atoms with Gasteiger partial charge in [0.05, 0.1) is 35.5 Å². The maximum absolute atomic E-state index is 7.89. The van der Waals surface area contributed by atoms with Gasteiger partial charge in [-0.1, -0.05) is 38.5 Å². The minimum Gasteiger partial charge on any atom is -0.412 e. The first-order valence-corrected chi connectivity index (χ1v) is 22.4. The molecule has 3 atom stereocenters. The summed E-state index contributed by atoms with van der Waals surface area (Å²) in [5.74, 6) is 0. The van der Waals surface area contributed by atoms with Gasteiger partial charge in [0.2, 0.25) is 0 Å². The molecular formula is C30H60O6Si3. The van der Waals surface area contributed by atoms with Crippen molar-refractivity contribution >= 4 is 25.7 Å². The van der Waals surface area contributed by atoms with Gasteiger partial charge in [-0.15, -0.1) is 0 Å². The van der Waals surface area contributed by atoms with Crippen LogP contribution in [0.3, 0.4) is 0 Å². The number of hydrogen-bond donors (Lipinski definition) is 0. The van der Waals surface area contributed by atoms with E-state index >= 15 is 0 Å². The van der Waals surface area contributed by atoms with Gasteiger partial charge in [-0.3, -0.25) is 0 Å². The SMILES string of the molecule is CC(C)OC(C)[Si]1(C2CCCC2)O[Si](C2CCCC2)(C(C)OC(C)C)O[Si](C2CCCC2)(C(C)OC(C)C)O1. The summed E-state index contributed by atoms with van der Waals surface area (Å²) in [5.41, 5.74) is 1.16. The molecule has 1 saturated heterocycles. The molecule has 1 aliphatic heterocycles. The van der Waals surface area contributed by atoms with E-state index in [-0.39, 0.29) is 35.5 Å². The summed E-state index contributed by atoms with van der Waals surface area (Å²) in [7, 11) is -8.80. The predicted molar refractivity (Wildman–Crippen MR) is 164 cm³/mol. The topological polar surface area (TPSA) is 55.4 Å². The van der Waals surface area contributed by atoms with Gasteiger partial charge in [-0.05, 0) is 101 Å². The van der Waals surface area contributed by atoms with Crippen LogP contribution in [-0.2, 0) is 26.6 Å². The summed E-state index contributed by atoms with van der Waals surface area (Å²) in [5, 5.41) is 0. The second kappa shape index (κ2) is 13.4. The van der Waals surface area contributed by atoms with Crippen molar-refractivity contribution in [2.24, 2.45) is 0 Å². The Morgan fingerprint density at radius 3 is 0.795 bits per heavy atom. The lowest BCUT2D eigenvalue weighted by atomic mass is 10.4. The average Bonchev–Trinajstić information content (AvgIpc) is 3.65. The van der Waals surface area contributed by atoms with Crippen LogP contribution in [0.15, 0.2) is 0 Å². The molecule has 3 unspecified atom stereocenters. The standard InChI is InChI=1S/C30H60O6Si3/c1-22(2)31-25(7)37(28-16-10-11-17-28)34-38(26(8)32-23(3)4,29-18-12-13-19-29)36-39(35-37,27(9)33-24(5)6)30-20-14-15-21-30/h22-30H,10-21H2,1-9H3. The van der Waals surface area contributed by atoms with Gasteiger partial charge in [-0.25, -0.2) is 0 Å². The van der Waals surface area contributed by atoms with Crippen molar-refractivity contribution in [1.82, 2.24) is 0 Å². The molecule has 4 aliphatic rings. The first-order valence-electron chi connectivity index (χ1n) is 16.5. The van der Waals surface area contributed by atoms with Crippen LogP contribution >= 0.6 is 0 Å². The lowest BCUT2D eigenvalue weighted by molar-refractivity contribution is -0.0120. The fourth-order valence-corrected chi connectivity index (χ4v) is 30.9. The second-order valence-corrected chi connectivity index (χ2v) is 25.6. The molecule has 3 aliphatic carbocycles. The highest BCUT2D eigenvalue weighted by Gasteiger charge is 2.74. The summed E-state index contributed by atoms with van der Waals surface area (Å²) in [6.45, 7) is 19.8. The van der Waals surface area contributed by atoms with Crippen molar-refractivity contribution < 1.29 is 26.6 Å². The Labute approximate surface area is 243 Å². The molecular weight excluding hydrogens is 541 g/mol. The summed E-state index contributed by atoms with van der Waals surface area (Å²) >= 11 is 0. The fraction of sp³-hybridized carbons (Fsp3) is 1.00. The van der Waals surface area contributed by atoms with Crippen LogP contribution in [0.1, 0.15) is 139 Å². The molecule has 0 spiro atoms. The summed E-state index contributed by atoms with van der Waals surface area (Å²) in [4.78, 5) is 0. The van der Waals surface area contributed by atoms with Gasteiger partial charge in [-0.2, -0.15) is 0 Å². The van der Waals surface area contributed by atoms with Crippen molar-refractivity contribution in [1.29, 1.82) is 0 Å². The van der Waals surface area contributed by atoms with Crippen molar-refractivity contribution in [3.8, 4) is 0 Å². The predicted octanol–water partition coefficient (Wildman–Crippen LogP) is 8.27. The zero-order valence-corrected chi connectivity index (χ0v) is 29.6. The van der Waals surface area contributed by atoms with E-state index in [0.29, 0.717) is 16.6 Å². The number of hydrogen-bond acceptors (Lipinski definition) is 6. The van der Waals surface area contributed by atoms with E-state index in [1.165, 1.54) is 77.0 Å². The van der Waals surface area contributed by atoms with E-state index in [0.717, 1.165) is 0 Å². The first kappa shape index (κ1) is 32.3. The van der Waals surface area contributed by atoms with E-state index in [9.17, 15) is 0 Å². The van der Waals surface area contributed by atoms with E-state index in [1.807, 2.05) is 0 Å². The average molecular weight is 601 g/mol. The molecule has 0 aromatic rings. The molecule has 0 N–H and O–H groups in total. The minimum atomic E-state index is -2.93. The lowest BCUT2D eigenvalue weighted by Crippen LogP contribution is -2.82. The molecule has 1 heterocycles. The third-order valence-electron chi connectivity index (χ3n) is 9.86. The zero-order valence-electron chi connectivity index (χ0n) is 26.6. The highest BCUT2D eigenvalue weighted by Crippen LogP contribution is 2.57. The third kappa shape index (κ3) is 6.66. The van der Waals surface area contributed by atoms with Crippen molar-refractivity contribution in [2.45, 2.75) is 191 Å². The molecule has 228 valence electrons. The van der Waals surface area contributed by atoms with Crippen molar-refractivity contribution in [3.63, 3.8) is 0 Å². The molecule has 0 amide bonds. The number of ether oxygens (including phenoxy) is 3. The quantitative estimate of drug-likeness (QED) is 0.210. The Kier molecular flexibility index (Phi) is 11.1. The molecule has 0 radical (unpaired) electrons. The monoisotopic (exact) mass is 600 g/mol. The highest BCUT2D eigenvalue weighted by atomic mass is 28.5. The van der Waals surface area contributed by atoms with Gasteiger partial charge < -0.3 is 26.6 Å². The lowest BCUT2D eigenvalue weighted by Gasteiger charge is -2.61. The largest absolute Gasteiger partial charge is 0.412 e. The maximum atomic E-state index is 7.89. The van der Waals surface area contributed by atoms with E-state index in [1.54, 1.807) is 0 Å². The van der Waals surface area contributed by atoms with Crippen LogP contribution in [0.25, 0.3) is 0 Å². The Balaban J connectivity index is 1.94. The molecule has 9 heteroatoms. The van der Waals surface area contributed by atoms with Crippen molar-refractivity contribution in [2.75, 3.05) is 0 Å². The molecule has 0 aromatic carbocycles. The van der Waals surface area contributed by atoms with Gasteiger partial charge in [0.1, 0.15) is 0 Å². The van der Waals surface area contributed by atoms with Gasteiger partial charge in [0.25, 0.3) is 0 Å². The molecule has 4 rings (SSSR count). The highest BCUT2D eigenvalue weighted by molar-refractivity contribution is 6.97. The fourth-order valence-electron chi connectivity index (χ4n) is 8.30. The Morgan fingerprint density at radius 1 is 0.410 bits per heavy atom. The summed E-state index contributed by atoms with van der Waals surface area (Å²) < 4.78 is 43.9. The Hall–Kier alpha value is 0.411. The van der Waals surface area contributed by atoms with Crippen LogP contribution in [-0.4, -0.2) is 61.2 Å². The second-order valence-electron chi connectivity index (χ2n) is 13.9.